The van der Waals surface area contributed by atoms with Crippen LogP contribution in [-0.4, -0.2) is 18.0 Å². The number of nitrogens with one attached hydrogen (secondary N) is 2. The summed E-state index contributed by atoms with van der Waals surface area (Å²) in [6.07, 6.45) is 1.15. The summed E-state index contributed by atoms with van der Waals surface area (Å²) in [5.41, 5.74) is 5.64. The molecule has 0 aliphatic rings. The molecule has 0 aromatic heterocycles. The van der Waals surface area contributed by atoms with Crippen molar-refractivity contribution in [2.75, 3.05) is 5.32 Å². The number of aryl methyl sites for hydroxylation is 1. The Morgan fingerprint density at radius 1 is 0.968 bits per heavy atom. The summed E-state index contributed by atoms with van der Waals surface area (Å²) in [7, 11) is 0. The highest BCUT2D eigenvalue weighted by atomic mass is 35.5. The van der Waals surface area contributed by atoms with Crippen molar-refractivity contribution in [3.05, 3.63) is 94.5 Å². The van der Waals surface area contributed by atoms with E-state index in [4.69, 9.17) is 16.3 Å². The van der Waals surface area contributed by atoms with Gasteiger partial charge in [-0.25, -0.2) is 5.43 Å². The van der Waals surface area contributed by atoms with Crippen LogP contribution in [-0.2, 0) is 16.2 Å². The highest BCUT2D eigenvalue weighted by molar-refractivity contribution is 6.30. The van der Waals surface area contributed by atoms with E-state index < -0.39 is 11.8 Å². The van der Waals surface area contributed by atoms with Crippen molar-refractivity contribution >= 4 is 35.3 Å². The summed E-state index contributed by atoms with van der Waals surface area (Å²) < 4.78 is 5.85. The number of rotatable bonds is 8. The van der Waals surface area contributed by atoms with Gasteiger partial charge in [0.1, 0.15) is 18.8 Å². The third-order valence-electron chi connectivity index (χ3n) is 4.36. The van der Waals surface area contributed by atoms with Crippen LogP contribution in [0.25, 0.3) is 0 Å². The van der Waals surface area contributed by atoms with Crippen LogP contribution >= 0.6 is 11.6 Å². The molecule has 0 saturated carbocycles. The normalized spacial score (nSPS) is 10.6. The van der Waals surface area contributed by atoms with E-state index in [0.29, 0.717) is 28.6 Å². The molecule has 0 aliphatic heterocycles. The van der Waals surface area contributed by atoms with Gasteiger partial charge in [-0.3, -0.25) is 9.59 Å². The molecule has 3 aromatic rings. The Balaban J connectivity index is 1.52. The predicted molar refractivity (Wildman–Crippen MR) is 122 cm³/mol. The SMILES string of the molecule is Cc1ccccc1NC(=O)CC(=O)NN=Cc1ccccc1OCc1ccc(Cl)cc1. The summed E-state index contributed by atoms with van der Waals surface area (Å²) in [6.45, 7) is 2.25. The van der Waals surface area contributed by atoms with Crippen LogP contribution in [0.4, 0.5) is 5.69 Å². The zero-order chi connectivity index (χ0) is 22.1. The van der Waals surface area contributed by atoms with E-state index in [1.807, 2.05) is 61.5 Å². The first-order valence-electron chi connectivity index (χ1n) is 9.65. The maximum Gasteiger partial charge on any atom is 0.249 e. The van der Waals surface area contributed by atoms with Gasteiger partial charge in [-0.2, -0.15) is 5.10 Å². The van der Waals surface area contributed by atoms with Gasteiger partial charge in [0.2, 0.25) is 11.8 Å². The van der Waals surface area contributed by atoms with Crippen LogP contribution in [0.15, 0.2) is 77.9 Å². The van der Waals surface area contributed by atoms with Crippen molar-refractivity contribution in [2.24, 2.45) is 5.10 Å². The van der Waals surface area contributed by atoms with E-state index in [9.17, 15) is 9.59 Å². The summed E-state index contributed by atoms with van der Waals surface area (Å²) in [4.78, 5) is 24.1. The lowest BCUT2D eigenvalue weighted by molar-refractivity contribution is -0.126. The fourth-order valence-corrected chi connectivity index (χ4v) is 2.85. The fraction of sp³-hybridized carbons (Fsp3) is 0.125. The molecule has 0 spiro atoms. The van der Waals surface area contributed by atoms with Gasteiger partial charge in [-0.15, -0.1) is 0 Å². The molecule has 0 aliphatic carbocycles. The third-order valence-corrected chi connectivity index (χ3v) is 4.61. The molecular formula is C24H22ClN3O3. The number of carbonyl (C=O) groups excluding carboxylic acids is 2. The second kappa shape index (κ2) is 10.9. The molecule has 6 nitrogen and oxygen atoms in total. The molecule has 0 saturated heterocycles. The number of carbonyl (C=O) groups is 2. The predicted octanol–water partition coefficient (Wildman–Crippen LogP) is 4.71. The van der Waals surface area contributed by atoms with Crippen molar-refractivity contribution in [1.29, 1.82) is 0 Å². The highest BCUT2D eigenvalue weighted by Gasteiger charge is 2.10. The molecule has 2 N–H and O–H groups in total. The van der Waals surface area contributed by atoms with Gasteiger partial charge in [0.25, 0.3) is 0 Å². The van der Waals surface area contributed by atoms with Crippen molar-refractivity contribution in [2.45, 2.75) is 20.0 Å². The van der Waals surface area contributed by atoms with Gasteiger partial charge in [0.15, 0.2) is 0 Å². The largest absolute Gasteiger partial charge is 0.488 e. The monoisotopic (exact) mass is 435 g/mol. The minimum absolute atomic E-state index is 0.333. The van der Waals surface area contributed by atoms with Crippen molar-refractivity contribution in [3.63, 3.8) is 0 Å². The number of halogens is 1. The number of amides is 2. The third kappa shape index (κ3) is 6.97. The number of ether oxygens (including phenoxy) is 1. The Morgan fingerprint density at radius 2 is 1.68 bits per heavy atom. The Bertz CT molecular complexity index is 1080. The number of benzene rings is 3. The molecule has 3 aromatic carbocycles. The number of anilines is 1. The molecular weight excluding hydrogens is 414 g/mol. The van der Waals surface area contributed by atoms with Crippen molar-refractivity contribution in [3.8, 4) is 5.75 Å². The maximum absolute atomic E-state index is 12.1. The van der Waals surface area contributed by atoms with Gasteiger partial charge >= 0.3 is 0 Å². The summed E-state index contributed by atoms with van der Waals surface area (Å²) in [5, 5.41) is 7.32. The summed E-state index contributed by atoms with van der Waals surface area (Å²) >= 11 is 5.90. The van der Waals surface area contributed by atoms with Crippen LogP contribution in [0.2, 0.25) is 5.02 Å². The van der Waals surface area contributed by atoms with Gasteiger partial charge < -0.3 is 10.1 Å². The highest BCUT2D eigenvalue weighted by Crippen LogP contribution is 2.18. The van der Waals surface area contributed by atoms with E-state index in [1.165, 1.54) is 6.21 Å². The molecule has 0 fully saturated rings. The minimum atomic E-state index is -0.512. The van der Waals surface area contributed by atoms with Crippen LogP contribution in [0.5, 0.6) is 5.75 Å². The Labute approximate surface area is 185 Å². The second-order valence-corrected chi connectivity index (χ2v) is 7.22. The number of hydrogen-bond donors (Lipinski definition) is 2. The number of hydrogen-bond acceptors (Lipinski definition) is 4. The quantitative estimate of drug-likeness (QED) is 0.305. The lowest BCUT2D eigenvalue weighted by Crippen LogP contribution is -2.24. The smallest absolute Gasteiger partial charge is 0.249 e. The van der Waals surface area contributed by atoms with Crippen molar-refractivity contribution < 1.29 is 14.3 Å². The average molecular weight is 436 g/mol. The zero-order valence-corrected chi connectivity index (χ0v) is 17.7. The number of hydrazone groups is 1. The van der Waals surface area contributed by atoms with E-state index in [2.05, 4.69) is 15.8 Å². The number of nitrogens with zero attached hydrogens (tertiary/aromatic N) is 1. The van der Waals surface area contributed by atoms with Gasteiger partial charge in [0, 0.05) is 16.3 Å². The Hall–Kier alpha value is -3.64. The van der Waals surface area contributed by atoms with Crippen molar-refractivity contribution in [1.82, 2.24) is 5.43 Å². The Morgan fingerprint density at radius 3 is 2.45 bits per heavy atom. The van der Waals surface area contributed by atoms with E-state index in [0.717, 1.165) is 11.1 Å². The molecule has 2 amide bonds. The summed E-state index contributed by atoms with van der Waals surface area (Å²) in [6, 6.07) is 22.1. The molecule has 3 rings (SSSR count). The second-order valence-electron chi connectivity index (χ2n) is 6.79. The fourth-order valence-electron chi connectivity index (χ4n) is 2.73. The summed E-state index contributed by atoms with van der Waals surface area (Å²) in [5.74, 6) is -0.302. The van der Waals surface area contributed by atoms with Crippen LogP contribution in [0, 0.1) is 6.92 Å². The van der Waals surface area contributed by atoms with E-state index in [-0.39, 0.29) is 6.42 Å². The molecule has 0 radical (unpaired) electrons. The number of para-hydroxylation sites is 2. The lowest BCUT2D eigenvalue weighted by atomic mass is 10.2. The van der Waals surface area contributed by atoms with E-state index >= 15 is 0 Å². The first kappa shape index (κ1) is 22.1. The van der Waals surface area contributed by atoms with E-state index in [1.54, 1.807) is 18.2 Å². The first-order chi connectivity index (χ1) is 15.0. The first-order valence-corrected chi connectivity index (χ1v) is 10.0. The molecule has 31 heavy (non-hydrogen) atoms. The molecule has 0 unspecified atom stereocenters. The van der Waals surface area contributed by atoms with Gasteiger partial charge in [-0.1, -0.05) is 54.1 Å². The zero-order valence-electron chi connectivity index (χ0n) is 17.0. The molecule has 158 valence electrons. The van der Waals surface area contributed by atoms with Gasteiger partial charge in [0.05, 0.1) is 6.21 Å². The molecule has 7 heteroatoms. The minimum Gasteiger partial charge on any atom is -0.488 e. The molecule has 0 bridgehead atoms. The Kier molecular flexibility index (Phi) is 7.79. The van der Waals surface area contributed by atoms with Crippen LogP contribution in [0.1, 0.15) is 23.1 Å². The lowest BCUT2D eigenvalue weighted by Gasteiger charge is -2.09. The maximum atomic E-state index is 12.1. The standard InChI is InChI=1S/C24H22ClN3O3/c1-17-6-2-4-8-21(17)27-23(29)14-24(30)28-26-15-19-7-3-5-9-22(19)31-16-18-10-12-20(25)13-11-18/h2-13,15H,14,16H2,1H3,(H,27,29)(H,28,30). The molecule has 0 atom stereocenters. The molecule has 0 heterocycles. The van der Waals surface area contributed by atoms with Crippen LogP contribution in [0.3, 0.4) is 0 Å². The van der Waals surface area contributed by atoms with Gasteiger partial charge in [-0.05, 0) is 48.4 Å². The topological polar surface area (TPSA) is 79.8 Å². The van der Waals surface area contributed by atoms with Crippen LogP contribution < -0.4 is 15.5 Å². The average Bonchev–Trinajstić information content (AvgIpc) is 2.76.